The summed E-state index contributed by atoms with van der Waals surface area (Å²) in [5.74, 6) is -0.927. The van der Waals surface area contributed by atoms with E-state index in [1.165, 1.54) is 16.7 Å². The Bertz CT molecular complexity index is 473. The third-order valence-electron chi connectivity index (χ3n) is 4.67. The number of hydrogen-bond donors (Lipinski definition) is 0. The minimum absolute atomic E-state index is 0.0697. The predicted octanol–water partition coefficient (Wildman–Crippen LogP) is 5.82. The number of rotatable bonds is 3. The lowest BCUT2D eigenvalue weighted by atomic mass is 9.78. The van der Waals surface area contributed by atoms with Crippen LogP contribution in [-0.2, 0) is 6.42 Å². The second kappa shape index (κ2) is 6.60. The topological polar surface area (TPSA) is 0 Å². The highest BCUT2D eigenvalue weighted by Crippen LogP contribution is 2.41. The highest BCUT2D eigenvalue weighted by Gasteiger charge is 2.42. The maximum atomic E-state index is 12.7. The number of aryl methyl sites for hydroxylation is 2. The molecule has 1 aromatic carbocycles. The van der Waals surface area contributed by atoms with Gasteiger partial charge < -0.3 is 0 Å². The first-order valence-corrected chi connectivity index (χ1v) is 7.98. The predicted molar refractivity (Wildman–Crippen MR) is 80.8 cm³/mol. The van der Waals surface area contributed by atoms with Crippen LogP contribution in [0.3, 0.4) is 0 Å². The molecule has 1 unspecified atom stereocenters. The van der Waals surface area contributed by atoms with Crippen LogP contribution in [0.4, 0.5) is 13.2 Å². The second-order valence-corrected chi connectivity index (χ2v) is 6.86. The lowest BCUT2D eigenvalue weighted by Crippen LogP contribution is -2.31. The van der Waals surface area contributed by atoms with Crippen LogP contribution < -0.4 is 0 Å². The second-order valence-electron chi connectivity index (χ2n) is 6.30. The molecule has 1 fully saturated rings. The summed E-state index contributed by atoms with van der Waals surface area (Å²) in [5, 5.41) is -0.0697. The van der Waals surface area contributed by atoms with Crippen molar-refractivity contribution in [1.29, 1.82) is 0 Å². The molecular formula is C17H22ClF3. The minimum atomic E-state index is -4.04. The lowest BCUT2D eigenvalue weighted by molar-refractivity contribution is -0.183. The van der Waals surface area contributed by atoms with Gasteiger partial charge in [-0.05, 0) is 63.0 Å². The Morgan fingerprint density at radius 1 is 1.14 bits per heavy atom. The van der Waals surface area contributed by atoms with Crippen LogP contribution in [0.1, 0.15) is 42.4 Å². The van der Waals surface area contributed by atoms with Crippen LogP contribution in [0.2, 0.25) is 0 Å². The number of benzene rings is 1. The van der Waals surface area contributed by atoms with E-state index >= 15 is 0 Å². The first kappa shape index (κ1) is 16.7. The monoisotopic (exact) mass is 318 g/mol. The quantitative estimate of drug-likeness (QED) is 0.616. The van der Waals surface area contributed by atoms with Gasteiger partial charge in [-0.25, -0.2) is 0 Å². The third-order valence-corrected chi connectivity index (χ3v) is 5.18. The van der Waals surface area contributed by atoms with Gasteiger partial charge in [0, 0.05) is 5.38 Å². The van der Waals surface area contributed by atoms with E-state index in [2.05, 4.69) is 25.1 Å². The fourth-order valence-electron chi connectivity index (χ4n) is 3.21. The summed E-state index contributed by atoms with van der Waals surface area (Å²) in [6, 6.07) is 6.28. The fourth-order valence-corrected chi connectivity index (χ4v) is 3.62. The normalized spacial score (nSPS) is 24.9. The molecule has 0 aliphatic heterocycles. The molecule has 2 rings (SSSR count). The van der Waals surface area contributed by atoms with E-state index in [-0.39, 0.29) is 24.1 Å². The van der Waals surface area contributed by atoms with E-state index < -0.39 is 12.1 Å². The van der Waals surface area contributed by atoms with Gasteiger partial charge in [0.05, 0.1) is 5.92 Å². The average Bonchev–Trinajstić information content (AvgIpc) is 2.42. The molecule has 4 heteroatoms. The zero-order valence-corrected chi connectivity index (χ0v) is 13.3. The Balaban J connectivity index is 1.93. The van der Waals surface area contributed by atoms with Gasteiger partial charge in [-0.2, -0.15) is 13.2 Å². The zero-order valence-electron chi connectivity index (χ0n) is 12.5. The first-order valence-electron chi connectivity index (χ1n) is 7.54. The molecule has 0 radical (unpaired) electrons. The molecule has 21 heavy (non-hydrogen) atoms. The summed E-state index contributed by atoms with van der Waals surface area (Å²) < 4.78 is 38.0. The largest absolute Gasteiger partial charge is 0.391 e. The molecule has 0 heterocycles. The van der Waals surface area contributed by atoms with E-state index in [0.29, 0.717) is 12.8 Å². The van der Waals surface area contributed by atoms with Crippen molar-refractivity contribution in [2.75, 3.05) is 0 Å². The van der Waals surface area contributed by atoms with Crippen LogP contribution >= 0.6 is 11.6 Å². The Labute approximate surface area is 129 Å². The lowest BCUT2D eigenvalue weighted by Gasteiger charge is -2.32. The molecule has 0 N–H and O–H groups in total. The fraction of sp³-hybridized carbons (Fsp3) is 0.647. The SMILES string of the molecule is Cc1ccc(C)c(CC(Cl)C2CCC(C(F)(F)F)CC2)c1. The summed E-state index contributed by atoms with van der Waals surface area (Å²) in [6.45, 7) is 4.10. The molecule has 1 atom stereocenters. The molecule has 1 aliphatic carbocycles. The highest BCUT2D eigenvalue weighted by molar-refractivity contribution is 6.20. The maximum absolute atomic E-state index is 12.7. The van der Waals surface area contributed by atoms with Crippen LogP contribution in [-0.4, -0.2) is 11.6 Å². The van der Waals surface area contributed by atoms with Crippen molar-refractivity contribution >= 4 is 11.6 Å². The van der Waals surface area contributed by atoms with E-state index in [0.717, 1.165) is 6.42 Å². The molecule has 0 amide bonds. The zero-order chi connectivity index (χ0) is 15.6. The van der Waals surface area contributed by atoms with Gasteiger partial charge in [-0.1, -0.05) is 23.8 Å². The van der Waals surface area contributed by atoms with Gasteiger partial charge in [-0.15, -0.1) is 11.6 Å². The average molecular weight is 319 g/mol. The Morgan fingerprint density at radius 3 is 2.33 bits per heavy atom. The van der Waals surface area contributed by atoms with Crippen LogP contribution in [0.5, 0.6) is 0 Å². The summed E-state index contributed by atoms with van der Waals surface area (Å²) in [4.78, 5) is 0. The minimum Gasteiger partial charge on any atom is -0.171 e. The molecule has 0 aromatic heterocycles. The Kier molecular flexibility index (Phi) is 5.24. The summed E-state index contributed by atoms with van der Waals surface area (Å²) in [5.41, 5.74) is 3.61. The number of alkyl halides is 4. The highest BCUT2D eigenvalue weighted by atomic mass is 35.5. The third kappa shape index (κ3) is 4.38. The number of halogens is 4. The standard InChI is InChI=1S/C17H22ClF3/c1-11-3-4-12(2)14(9-11)10-16(18)13-5-7-15(8-6-13)17(19,20)21/h3-4,9,13,15-16H,5-8,10H2,1-2H3. The van der Waals surface area contributed by atoms with Crippen LogP contribution in [0.15, 0.2) is 18.2 Å². The smallest absolute Gasteiger partial charge is 0.171 e. The van der Waals surface area contributed by atoms with Crippen LogP contribution in [0.25, 0.3) is 0 Å². The van der Waals surface area contributed by atoms with Gasteiger partial charge >= 0.3 is 6.18 Å². The Hall–Kier alpha value is -0.700. The molecule has 0 bridgehead atoms. The number of hydrogen-bond acceptors (Lipinski definition) is 0. The van der Waals surface area contributed by atoms with Crippen molar-refractivity contribution < 1.29 is 13.2 Å². The van der Waals surface area contributed by atoms with Crippen LogP contribution in [0, 0.1) is 25.7 Å². The molecule has 118 valence electrons. The molecule has 1 aliphatic rings. The van der Waals surface area contributed by atoms with Gasteiger partial charge in [0.1, 0.15) is 0 Å². The molecule has 0 spiro atoms. The summed E-state index contributed by atoms with van der Waals surface area (Å²) in [7, 11) is 0. The van der Waals surface area contributed by atoms with Gasteiger partial charge in [0.15, 0.2) is 0 Å². The van der Waals surface area contributed by atoms with E-state index in [1.54, 1.807) is 0 Å². The molecule has 1 saturated carbocycles. The van der Waals surface area contributed by atoms with Crippen molar-refractivity contribution in [3.8, 4) is 0 Å². The molecule has 0 saturated heterocycles. The summed E-state index contributed by atoms with van der Waals surface area (Å²) >= 11 is 6.50. The van der Waals surface area contributed by atoms with Crippen molar-refractivity contribution in [1.82, 2.24) is 0 Å². The van der Waals surface area contributed by atoms with Crippen molar-refractivity contribution in [3.05, 3.63) is 34.9 Å². The van der Waals surface area contributed by atoms with Crippen molar-refractivity contribution in [3.63, 3.8) is 0 Å². The van der Waals surface area contributed by atoms with Crippen molar-refractivity contribution in [2.45, 2.75) is 57.5 Å². The molecule has 1 aromatic rings. The Morgan fingerprint density at radius 2 is 1.76 bits per heavy atom. The van der Waals surface area contributed by atoms with Gasteiger partial charge in [-0.3, -0.25) is 0 Å². The first-order chi connectivity index (χ1) is 9.77. The van der Waals surface area contributed by atoms with Gasteiger partial charge in [0.2, 0.25) is 0 Å². The molecule has 0 nitrogen and oxygen atoms in total. The summed E-state index contributed by atoms with van der Waals surface area (Å²) in [6.07, 6.45) is -1.67. The van der Waals surface area contributed by atoms with E-state index in [9.17, 15) is 13.2 Å². The molecular weight excluding hydrogens is 297 g/mol. The van der Waals surface area contributed by atoms with Crippen molar-refractivity contribution in [2.24, 2.45) is 11.8 Å². The van der Waals surface area contributed by atoms with Gasteiger partial charge in [0.25, 0.3) is 0 Å². The van der Waals surface area contributed by atoms with E-state index in [4.69, 9.17) is 11.6 Å². The van der Waals surface area contributed by atoms with E-state index in [1.807, 2.05) is 6.92 Å². The maximum Gasteiger partial charge on any atom is 0.391 e.